The molecule has 0 spiro atoms. The van der Waals surface area contributed by atoms with E-state index in [1.54, 1.807) is 11.8 Å². The van der Waals surface area contributed by atoms with Crippen molar-refractivity contribution in [1.29, 1.82) is 0 Å². The Labute approximate surface area is 96.9 Å². The van der Waals surface area contributed by atoms with Gasteiger partial charge in [0, 0.05) is 4.90 Å². The van der Waals surface area contributed by atoms with Crippen LogP contribution in [0.25, 0.3) is 0 Å². The molecule has 0 bridgehead atoms. The van der Waals surface area contributed by atoms with Crippen LogP contribution < -0.4 is 0 Å². The molecule has 0 aliphatic carbocycles. The van der Waals surface area contributed by atoms with E-state index >= 15 is 0 Å². The molecule has 1 atom stereocenters. The standard InChI is InChI=1S/C13H20OS/c1-12(2,3)13(4,14)10-6-8-11(15-5)9-7-10/h6-9,14H,1-5H3. The van der Waals surface area contributed by atoms with Gasteiger partial charge in [-0.25, -0.2) is 0 Å². The highest BCUT2D eigenvalue weighted by Gasteiger charge is 2.36. The van der Waals surface area contributed by atoms with E-state index in [0.717, 1.165) is 5.56 Å². The van der Waals surface area contributed by atoms with Crippen LogP contribution in [0.1, 0.15) is 33.3 Å². The van der Waals surface area contributed by atoms with Crippen molar-refractivity contribution in [3.05, 3.63) is 29.8 Å². The van der Waals surface area contributed by atoms with Gasteiger partial charge in [0.05, 0.1) is 5.60 Å². The minimum atomic E-state index is -0.788. The van der Waals surface area contributed by atoms with Crippen molar-refractivity contribution in [2.75, 3.05) is 6.26 Å². The van der Waals surface area contributed by atoms with Gasteiger partial charge in [-0.05, 0) is 36.3 Å². The molecule has 0 aliphatic heterocycles. The van der Waals surface area contributed by atoms with Gasteiger partial charge in [-0.2, -0.15) is 0 Å². The van der Waals surface area contributed by atoms with Crippen LogP contribution in [0.2, 0.25) is 0 Å². The van der Waals surface area contributed by atoms with Gasteiger partial charge >= 0.3 is 0 Å². The molecule has 1 nitrogen and oxygen atoms in total. The highest BCUT2D eigenvalue weighted by Crippen LogP contribution is 2.39. The Hall–Kier alpha value is -0.470. The Balaban J connectivity index is 3.06. The summed E-state index contributed by atoms with van der Waals surface area (Å²) >= 11 is 1.71. The summed E-state index contributed by atoms with van der Waals surface area (Å²) in [5.74, 6) is 0. The molecular formula is C13H20OS. The molecular weight excluding hydrogens is 204 g/mol. The summed E-state index contributed by atoms with van der Waals surface area (Å²) in [5.41, 5.74) is 0.0328. The average Bonchev–Trinajstić information content (AvgIpc) is 2.16. The average molecular weight is 224 g/mol. The summed E-state index contributed by atoms with van der Waals surface area (Å²) < 4.78 is 0. The minimum absolute atomic E-state index is 0.159. The topological polar surface area (TPSA) is 20.2 Å². The Morgan fingerprint density at radius 3 is 1.80 bits per heavy atom. The Kier molecular flexibility index (Phi) is 3.51. The van der Waals surface area contributed by atoms with Gasteiger partial charge in [-0.15, -0.1) is 11.8 Å². The zero-order valence-corrected chi connectivity index (χ0v) is 11.0. The van der Waals surface area contributed by atoms with E-state index in [0.29, 0.717) is 0 Å². The third-order valence-corrected chi connectivity index (χ3v) is 3.86. The van der Waals surface area contributed by atoms with Crippen LogP contribution >= 0.6 is 11.8 Å². The first-order valence-electron chi connectivity index (χ1n) is 5.16. The Morgan fingerprint density at radius 2 is 1.47 bits per heavy atom. The number of thioether (sulfide) groups is 1. The van der Waals surface area contributed by atoms with Gasteiger partial charge in [-0.1, -0.05) is 32.9 Å². The van der Waals surface area contributed by atoms with E-state index in [1.165, 1.54) is 4.90 Å². The van der Waals surface area contributed by atoms with Gasteiger partial charge < -0.3 is 5.11 Å². The number of aliphatic hydroxyl groups is 1. The second kappa shape index (κ2) is 4.18. The van der Waals surface area contributed by atoms with Crippen LogP contribution in [-0.4, -0.2) is 11.4 Å². The van der Waals surface area contributed by atoms with Crippen LogP contribution in [0.4, 0.5) is 0 Å². The van der Waals surface area contributed by atoms with Crippen molar-refractivity contribution >= 4 is 11.8 Å². The zero-order chi connectivity index (χ0) is 11.7. The van der Waals surface area contributed by atoms with Gasteiger partial charge in [0.15, 0.2) is 0 Å². The van der Waals surface area contributed by atoms with E-state index in [9.17, 15) is 5.11 Å². The third kappa shape index (κ3) is 2.56. The summed E-state index contributed by atoms with van der Waals surface area (Å²) in [6.07, 6.45) is 2.05. The molecule has 0 radical (unpaired) electrons. The third-order valence-electron chi connectivity index (χ3n) is 3.11. The quantitative estimate of drug-likeness (QED) is 0.774. The number of hydrogen-bond donors (Lipinski definition) is 1. The van der Waals surface area contributed by atoms with Gasteiger partial charge in [0.1, 0.15) is 0 Å². The normalized spacial score (nSPS) is 16.1. The van der Waals surface area contributed by atoms with Crippen LogP contribution in [0.15, 0.2) is 29.2 Å². The van der Waals surface area contributed by atoms with Crippen molar-refractivity contribution in [1.82, 2.24) is 0 Å². The molecule has 0 saturated heterocycles. The summed E-state index contributed by atoms with van der Waals surface area (Å²) in [6.45, 7) is 8.03. The molecule has 2 heteroatoms. The fourth-order valence-corrected chi connectivity index (χ4v) is 1.76. The summed E-state index contributed by atoms with van der Waals surface area (Å²) in [4.78, 5) is 1.23. The second-order valence-electron chi connectivity index (χ2n) is 5.05. The van der Waals surface area contributed by atoms with Crippen molar-refractivity contribution in [2.24, 2.45) is 5.41 Å². The predicted octanol–water partition coefficient (Wildman–Crippen LogP) is 3.66. The van der Waals surface area contributed by atoms with Crippen LogP contribution in [-0.2, 0) is 5.60 Å². The molecule has 84 valence electrons. The first-order valence-corrected chi connectivity index (χ1v) is 6.38. The van der Waals surface area contributed by atoms with E-state index < -0.39 is 5.60 Å². The molecule has 0 aromatic heterocycles. The summed E-state index contributed by atoms with van der Waals surface area (Å²) in [6, 6.07) is 8.13. The number of hydrogen-bond acceptors (Lipinski definition) is 2. The smallest absolute Gasteiger partial charge is 0.0916 e. The van der Waals surface area contributed by atoms with Gasteiger partial charge in [0.25, 0.3) is 0 Å². The first-order chi connectivity index (χ1) is 6.79. The molecule has 1 N–H and O–H groups in total. The molecule has 1 aromatic carbocycles. The van der Waals surface area contributed by atoms with Gasteiger partial charge in [-0.3, -0.25) is 0 Å². The number of benzene rings is 1. The molecule has 0 heterocycles. The lowest BCUT2D eigenvalue weighted by Crippen LogP contribution is -2.36. The monoisotopic (exact) mass is 224 g/mol. The van der Waals surface area contributed by atoms with Crippen LogP contribution in [0.5, 0.6) is 0 Å². The maximum Gasteiger partial charge on any atom is 0.0916 e. The molecule has 0 amide bonds. The lowest BCUT2D eigenvalue weighted by molar-refractivity contribution is -0.0470. The van der Waals surface area contributed by atoms with Crippen molar-refractivity contribution in [2.45, 2.75) is 38.2 Å². The minimum Gasteiger partial charge on any atom is -0.385 e. The van der Waals surface area contributed by atoms with E-state index in [4.69, 9.17) is 0 Å². The summed E-state index contributed by atoms with van der Waals surface area (Å²) in [7, 11) is 0. The second-order valence-corrected chi connectivity index (χ2v) is 5.93. The molecule has 1 aromatic rings. The molecule has 0 fully saturated rings. The van der Waals surface area contributed by atoms with Gasteiger partial charge in [0.2, 0.25) is 0 Å². The Morgan fingerprint density at radius 1 is 1.00 bits per heavy atom. The maximum absolute atomic E-state index is 10.5. The van der Waals surface area contributed by atoms with Crippen LogP contribution in [0, 0.1) is 5.41 Å². The molecule has 1 unspecified atom stereocenters. The highest BCUT2D eigenvalue weighted by atomic mass is 32.2. The fourth-order valence-electron chi connectivity index (χ4n) is 1.35. The van der Waals surface area contributed by atoms with E-state index in [1.807, 2.05) is 19.1 Å². The Bertz CT molecular complexity index is 319. The lowest BCUT2D eigenvalue weighted by atomic mass is 9.73. The van der Waals surface area contributed by atoms with Crippen molar-refractivity contribution < 1.29 is 5.11 Å². The lowest BCUT2D eigenvalue weighted by Gasteiger charge is -2.37. The van der Waals surface area contributed by atoms with Crippen molar-refractivity contribution in [3.63, 3.8) is 0 Å². The SMILES string of the molecule is CSc1ccc(C(C)(O)C(C)(C)C)cc1. The molecule has 0 saturated carbocycles. The molecule has 1 rings (SSSR count). The predicted molar refractivity (Wildman–Crippen MR) is 67.2 cm³/mol. The van der Waals surface area contributed by atoms with E-state index in [2.05, 4.69) is 39.2 Å². The van der Waals surface area contributed by atoms with E-state index in [-0.39, 0.29) is 5.41 Å². The van der Waals surface area contributed by atoms with Crippen molar-refractivity contribution in [3.8, 4) is 0 Å². The number of rotatable bonds is 2. The molecule has 15 heavy (non-hydrogen) atoms. The molecule has 0 aliphatic rings. The maximum atomic E-state index is 10.5. The summed E-state index contributed by atoms with van der Waals surface area (Å²) in [5, 5.41) is 10.5. The zero-order valence-electron chi connectivity index (χ0n) is 10.2. The highest BCUT2D eigenvalue weighted by molar-refractivity contribution is 7.98. The van der Waals surface area contributed by atoms with Crippen LogP contribution in [0.3, 0.4) is 0 Å². The largest absolute Gasteiger partial charge is 0.385 e. The first kappa shape index (κ1) is 12.6. The fraction of sp³-hybridized carbons (Fsp3) is 0.538.